The zero-order chi connectivity index (χ0) is 17.3. The van der Waals surface area contributed by atoms with Crippen molar-refractivity contribution in [3.8, 4) is 0 Å². The molecule has 3 aliphatic rings. The number of nitrogens with zero attached hydrogens (tertiary/aromatic N) is 2. The molecule has 2 saturated carbocycles. The summed E-state index contributed by atoms with van der Waals surface area (Å²) in [6, 6.07) is 0.641. The Bertz CT molecular complexity index is 536. The summed E-state index contributed by atoms with van der Waals surface area (Å²) in [4.78, 5) is 16.0. The summed E-state index contributed by atoms with van der Waals surface area (Å²) in [5.74, 6) is 1.74. The number of Topliss-reactive ketones (excluding diaryl/α,β-unsaturated/α-hetero) is 1. The zero-order valence-corrected chi connectivity index (χ0v) is 16.3. The Labute approximate surface area is 151 Å². The van der Waals surface area contributed by atoms with E-state index in [4.69, 9.17) is 0 Å². The van der Waals surface area contributed by atoms with Crippen LogP contribution in [0.15, 0.2) is 15.9 Å². The summed E-state index contributed by atoms with van der Waals surface area (Å²) >= 11 is 1.52. The van der Waals surface area contributed by atoms with E-state index < -0.39 is 0 Å². The Kier molecular flexibility index (Phi) is 5.55. The average Bonchev–Trinajstić information content (AvgIpc) is 3.11. The van der Waals surface area contributed by atoms with E-state index in [1.54, 1.807) is 0 Å². The first-order chi connectivity index (χ1) is 11.4. The topological polar surface area (TPSA) is 32.7 Å². The van der Waals surface area contributed by atoms with E-state index in [2.05, 4.69) is 22.8 Å². The smallest absolute Gasteiger partial charge is 0.136 e. The Balaban J connectivity index is 1.55. The summed E-state index contributed by atoms with van der Waals surface area (Å²) < 4.78 is 4.62. The van der Waals surface area contributed by atoms with Crippen molar-refractivity contribution in [1.29, 1.82) is 0 Å². The number of carbonyl (C=O) groups is 1. The molecule has 0 aromatic rings. The molecule has 1 heterocycles. The summed E-state index contributed by atoms with van der Waals surface area (Å²) in [7, 11) is 0. The Hall–Kier alpha value is -0.610. The lowest BCUT2D eigenvalue weighted by atomic mass is 9.77. The van der Waals surface area contributed by atoms with E-state index in [1.165, 1.54) is 62.9 Å². The quantitative estimate of drug-likeness (QED) is 0.524. The van der Waals surface area contributed by atoms with Gasteiger partial charge in [0, 0.05) is 35.0 Å². The minimum Gasteiger partial charge on any atom is -0.300 e. The number of hydrogen-bond acceptors (Lipinski definition) is 4. The van der Waals surface area contributed by atoms with E-state index in [-0.39, 0.29) is 5.41 Å². The van der Waals surface area contributed by atoms with Crippen molar-refractivity contribution in [3.63, 3.8) is 0 Å². The molecule has 0 bridgehead atoms. The summed E-state index contributed by atoms with van der Waals surface area (Å²) in [5, 5.41) is 0. The average molecular weight is 349 g/mol. The molecule has 134 valence electrons. The molecule has 3 fully saturated rings. The predicted molar refractivity (Wildman–Crippen MR) is 103 cm³/mol. The fraction of sp³-hybridized carbons (Fsp3) is 0.800. The molecule has 0 radical (unpaired) electrons. The lowest BCUT2D eigenvalue weighted by molar-refractivity contribution is -0.127. The van der Waals surface area contributed by atoms with Crippen molar-refractivity contribution in [2.45, 2.75) is 71.8 Å². The number of piperidine rings is 1. The number of carbonyl (C=O) groups excluding carboxylic acids is 1. The van der Waals surface area contributed by atoms with Crippen LogP contribution in [-0.2, 0) is 4.79 Å². The fourth-order valence-corrected chi connectivity index (χ4v) is 5.83. The van der Waals surface area contributed by atoms with E-state index >= 15 is 0 Å². The van der Waals surface area contributed by atoms with E-state index in [0.717, 1.165) is 17.7 Å². The van der Waals surface area contributed by atoms with Gasteiger partial charge in [-0.3, -0.25) is 4.79 Å². The van der Waals surface area contributed by atoms with Gasteiger partial charge in [0.25, 0.3) is 0 Å². The second kappa shape index (κ2) is 7.33. The van der Waals surface area contributed by atoms with Crippen LogP contribution in [0.5, 0.6) is 0 Å². The number of hydrogen-bond donors (Lipinski definition) is 0. The van der Waals surface area contributed by atoms with Gasteiger partial charge in [-0.15, -0.1) is 0 Å². The van der Waals surface area contributed by atoms with Crippen molar-refractivity contribution in [2.75, 3.05) is 13.1 Å². The van der Waals surface area contributed by atoms with Crippen LogP contribution in [0.4, 0.5) is 0 Å². The highest BCUT2D eigenvalue weighted by Crippen LogP contribution is 2.56. The van der Waals surface area contributed by atoms with Gasteiger partial charge in [-0.25, -0.2) is 4.40 Å². The van der Waals surface area contributed by atoms with Gasteiger partial charge in [0.1, 0.15) is 5.78 Å². The summed E-state index contributed by atoms with van der Waals surface area (Å²) in [6.45, 7) is 12.3. The normalized spacial score (nSPS) is 35.2. The third kappa shape index (κ3) is 3.50. The van der Waals surface area contributed by atoms with Crippen LogP contribution in [-0.4, -0.2) is 35.5 Å². The predicted octanol–water partition coefficient (Wildman–Crippen LogP) is 4.88. The first kappa shape index (κ1) is 18.2. The SMILES string of the molecule is C=C(C)S/N=C(\C)C1CCN(C2CC3CCCC3(C(C)=O)C2)CC1. The molecule has 3 atom stereocenters. The molecule has 0 aromatic heterocycles. The number of fused-ring (bicyclic) bond motifs is 1. The maximum atomic E-state index is 12.3. The van der Waals surface area contributed by atoms with Crippen LogP contribution < -0.4 is 0 Å². The fourth-order valence-electron chi connectivity index (χ4n) is 5.38. The third-order valence-electron chi connectivity index (χ3n) is 6.80. The van der Waals surface area contributed by atoms with Crippen molar-refractivity contribution < 1.29 is 4.79 Å². The van der Waals surface area contributed by atoms with Crippen LogP contribution in [0.2, 0.25) is 0 Å². The highest BCUT2D eigenvalue weighted by Gasteiger charge is 2.54. The summed E-state index contributed by atoms with van der Waals surface area (Å²) in [6.07, 6.45) is 8.47. The molecule has 0 amide bonds. The highest BCUT2D eigenvalue weighted by atomic mass is 32.2. The van der Waals surface area contributed by atoms with Crippen LogP contribution in [0, 0.1) is 17.3 Å². The van der Waals surface area contributed by atoms with Gasteiger partial charge < -0.3 is 4.90 Å². The van der Waals surface area contributed by atoms with Crippen molar-refractivity contribution in [2.24, 2.45) is 21.6 Å². The van der Waals surface area contributed by atoms with Gasteiger partial charge >= 0.3 is 0 Å². The first-order valence-corrected chi connectivity index (χ1v) is 10.3. The Morgan fingerprint density at radius 1 is 1.21 bits per heavy atom. The zero-order valence-electron chi connectivity index (χ0n) is 15.5. The molecule has 1 saturated heterocycles. The molecule has 0 spiro atoms. The largest absolute Gasteiger partial charge is 0.300 e. The van der Waals surface area contributed by atoms with Crippen molar-refractivity contribution in [3.05, 3.63) is 11.5 Å². The summed E-state index contributed by atoms with van der Waals surface area (Å²) in [5.41, 5.74) is 1.31. The standard InChI is InChI=1S/C20H32N2OS/c1-14(2)24-21-15(3)17-7-10-22(11-8-17)19-12-18-6-5-9-20(18,13-19)16(4)23/h17-19H,1,5-13H2,2-4H3/b21-15+. The molecule has 4 heteroatoms. The lowest BCUT2D eigenvalue weighted by Gasteiger charge is -2.37. The minimum absolute atomic E-state index is 0.0387. The van der Waals surface area contributed by atoms with Crippen LogP contribution in [0.1, 0.15) is 65.7 Å². The molecule has 0 aromatic carbocycles. The number of ketones is 1. The van der Waals surface area contributed by atoms with Crippen LogP contribution >= 0.6 is 11.9 Å². The second-order valence-corrected chi connectivity index (χ2v) is 9.29. The lowest BCUT2D eigenvalue weighted by Crippen LogP contribution is -2.42. The van der Waals surface area contributed by atoms with Crippen molar-refractivity contribution in [1.82, 2.24) is 4.90 Å². The van der Waals surface area contributed by atoms with Gasteiger partial charge in [0.15, 0.2) is 0 Å². The molecule has 0 N–H and O–H groups in total. The third-order valence-corrected chi connectivity index (χ3v) is 7.49. The monoisotopic (exact) mass is 348 g/mol. The number of rotatable bonds is 5. The maximum absolute atomic E-state index is 12.3. The highest BCUT2D eigenvalue weighted by molar-refractivity contribution is 8.01. The molecular weight excluding hydrogens is 316 g/mol. The van der Waals surface area contributed by atoms with Gasteiger partial charge in [0.05, 0.1) is 0 Å². The van der Waals surface area contributed by atoms with Crippen molar-refractivity contribution >= 4 is 23.4 Å². The molecule has 3 nitrogen and oxygen atoms in total. The Morgan fingerprint density at radius 3 is 2.50 bits per heavy atom. The first-order valence-electron chi connectivity index (χ1n) is 9.54. The molecule has 24 heavy (non-hydrogen) atoms. The van der Waals surface area contributed by atoms with E-state index in [0.29, 0.717) is 23.7 Å². The Morgan fingerprint density at radius 2 is 1.92 bits per heavy atom. The minimum atomic E-state index is 0.0387. The van der Waals surface area contributed by atoms with Crippen LogP contribution in [0.25, 0.3) is 0 Å². The van der Waals surface area contributed by atoms with Gasteiger partial charge in [-0.1, -0.05) is 13.0 Å². The van der Waals surface area contributed by atoms with Gasteiger partial charge in [0.2, 0.25) is 0 Å². The van der Waals surface area contributed by atoms with E-state index in [1.807, 2.05) is 13.8 Å². The van der Waals surface area contributed by atoms with Gasteiger partial charge in [-0.2, -0.15) is 0 Å². The second-order valence-electron chi connectivity index (χ2n) is 8.23. The molecule has 2 aliphatic carbocycles. The molecular formula is C20H32N2OS. The van der Waals surface area contributed by atoms with Gasteiger partial charge in [-0.05, 0) is 83.2 Å². The number of likely N-dealkylation sites (tertiary alicyclic amines) is 1. The molecule has 3 rings (SSSR count). The maximum Gasteiger partial charge on any atom is 0.136 e. The molecule has 1 aliphatic heterocycles. The van der Waals surface area contributed by atoms with Crippen LogP contribution in [0.3, 0.4) is 0 Å². The van der Waals surface area contributed by atoms with E-state index in [9.17, 15) is 4.79 Å². The molecule has 3 unspecified atom stereocenters. The number of allylic oxidation sites excluding steroid dienone is 1.